The molecule has 5 heteroatoms. The zero-order chi connectivity index (χ0) is 16.2. The number of aromatic nitrogens is 2. The minimum atomic E-state index is 0.197. The van der Waals surface area contributed by atoms with E-state index in [0.717, 1.165) is 43.8 Å². The number of hydrogen-bond donors (Lipinski definition) is 1. The summed E-state index contributed by atoms with van der Waals surface area (Å²) in [5, 5.41) is 3.06. The van der Waals surface area contributed by atoms with Crippen molar-refractivity contribution in [1.82, 2.24) is 19.8 Å². The second kappa shape index (κ2) is 7.47. The molecular formula is C18H30N4O. The summed E-state index contributed by atoms with van der Waals surface area (Å²) in [4.78, 5) is 18.9. The zero-order valence-electron chi connectivity index (χ0n) is 14.5. The van der Waals surface area contributed by atoms with E-state index in [4.69, 9.17) is 0 Å². The van der Waals surface area contributed by atoms with E-state index in [1.807, 2.05) is 12.4 Å². The molecule has 1 aromatic heterocycles. The van der Waals surface area contributed by atoms with Gasteiger partial charge in [0, 0.05) is 57.0 Å². The van der Waals surface area contributed by atoms with Gasteiger partial charge in [-0.25, -0.2) is 4.98 Å². The van der Waals surface area contributed by atoms with Crippen LogP contribution in [-0.4, -0.2) is 46.0 Å². The molecule has 1 saturated carbocycles. The molecule has 2 heterocycles. The topological polar surface area (TPSA) is 50.2 Å². The number of hydrogen-bond acceptors (Lipinski definition) is 3. The summed E-state index contributed by atoms with van der Waals surface area (Å²) in [6, 6.07) is 0.767. The molecule has 0 aromatic carbocycles. The van der Waals surface area contributed by atoms with E-state index in [1.54, 1.807) is 0 Å². The lowest BCUT2D eigenvalue weighted by Crippen LogP contribution is -2.36. The number of imidazole rings is 1. The van der Waals surface area contributed by atoms with Crippen molar-refractivity contribution in [2.24, 2.45) is 5.92 Å². The minimum absolute atomic E-state index is 0.197. The maximum Gasteiger partial charge on any atom is 0.221 e. The van der Waals surface area contributed by atoms with Crippen molar-refractivity contribution in [3.63, 3.8) is 0 Å². The largest absolute Gasteiger partial charge is 0.356 e. The Morgan fingerprint density at radius 2 is 2.26 bits per heavy atom. The number of carbonyl (C=O) groups is 1. The number of likely N-dealkylation sites (tertiary alicyclic amines) is 1. The Bertz CT molecular complexity index is 525. The first kappa shape index (κ1) is 16.5. The van der Waals surface area contributed by atoms with Crippen molar-refractivity contribution < 1.29 is 4.79 Å². The third kappa shape index (κ3) is 4.14. The van der Waals surface area contributed by atoms with Crippen LogP contribution in [0.5, 0.6) is 0 Å². The Morgan fingerprint density at radius 3 is 2.96 bits per heavy atom. The van der Waals surface area contributed by atoms with E-state index in [2.05, 4.69) is 33.6 Å². The smallest absolute Gasteiger partial charge is 0.221 e. The Kier molecular flexibility index (Phi) is 5.36. The van der Waals surface area contributed by atoms with Crippen LogP contribution >= 0.6 is 0 Å². The summed E-state index contributed by atoms with van der Waals surface area (Å²) < 4.78 is 2.19. The molecule has 1 aliphatic carbocycles. The fourth-order valence-corrected chi connectivity index (χ4v) is 4.12. The first-order valence-electron chi connectivity index (χ1n) is 9.15. The third-order valence-corrected chi connectivity index (χ3v) is 5.31. The van der Waals surface area contributed by atoms with Crippen molar-refractivity contribution >= 4 is 5.91 Å². The van der Waals surface area contributed by atoms with Crippen molar-refractivity contribution in [2.75, 3.05) is 19.6 Å². The molecule has 3 rings (SSSR count). The number of piperidine rings is 1. The Balaban J connectivity index is 1.30. The Hall–Kier alpha value is -1.36. The van der Waals surface area contributed by atoms with Gasteiger partial charge in [-0.3, -0.25) is 9.69 Å². The lowest BCUT2D eigenvalue weighted by atomic mass is 10.1. The SMILES string of the molecule is CC(C)c1nccn1CCCNC(=O)CCN1C[C@@H]2CC[C@H]1C2. The average Bonchev–Trinajstić information content (AvgIpc) is 3.25. The fourth-order valence-electron chi connectivity index (χ4n) is 4.12. The second-order valence-corrected chi connectivity index (χ2v) is 7.41. The number of carbonyl (C=O) groups excluding carboxylic acids is 1. The lowest BCUT2D eigenvalue weighted by molar-refractivity contribution is -0.121. The fraction of sp³-hybridized carbons (Fsp3) is 0.778. The molecule has 0 spiro atoms. The van der Waals surface area contributed by atoms with Crippen LogP contribution in [-0.2, 0) is 11.3 Å². The van der Waals surface area contributed by atoms with E-state index < -0.39 is 0 Å². The molecule has 23 heavy (non-hydrogen) atoms. The van der Waals surface area contributed by atoms with Gasteiger partial charge in [-0.1, -0.05) is 13.8 Å². The highest BCUT2D eigenvalue weighted by Crippen LogP contribution is 2.37. The van der Waals surface area contributed by atoms with Crippen molar-refractivity contribution in [3.05, 3.63) is 18.2 Å². The molecule has 2 fully saturated rings. The van der Waals surface area contributed by atoms with Gasteiger partial charge in [-0.05, 0) is 31.6 Å². The molecule has 2 bridgehead atoms. The maximum atomic E-state index is 12.0. The molecule has 5 nitrogen and oxygen atoms in total. The van der Waals surface area contributed by atoms with Gasteiger partial charge in [0.25, 0.3) is 0 Å². The van der Waals surface area contributed by atoms with Crippen LogP contribution in [0.15, 0.2) is 12.4 Å². The average molecular weight is 318 g/mol. The van der Waals surface area contributed by atoms with Gasteiger partial charge in [-0.15, -0.1) is 0 Å². The predicted molar refractivity (Wildman–Crippen MR) is 91.3 cm³/mol. The van der Waals surface area contributed by atoms with Crippen molar-refractivity contribution in [3.8, 4) is 0 Å². The zero-order valence-corrected chi connectivity index (χ0v) is 14.5. The first-order chi connectivity index (χ1) is 11.1. The standard InChI is InChI=1S/C18H30N4O/c1-14(2)18-20-8-11-21(18)9-3-7-19-17(23)6-10-22-13-15-4-5-16(22)12-15/h8,11,14-16H,3-7,9-10,12-13H2,1-2H3,(H,19,23)/t15-,16+/m1/s1. The molecule has 0 radical (unpaired) electrons. The molecule has 1 aromatic rings. The quantitative estimate of drug-likeness (QED) is 0.749. The summed E-state index contributed by atoms with van der Waals surface area (Å²) in [5.74, 6) is 2.67. The van der Waals surface area contributed by atoms with E-state index in [9.17, 15) is 4.79 Å². The van der Waals surface area contributed by atoms with E-state index >= 15 is 0 Å². The number of nitrogens with one attached hydrogen (secondary N) is 1. The summed E-state index contributed by atoms with van der Waals surface area (Å²) in [6.45, 7) is 8.14. The highest BCUT2D eigenvalue weighted by atomic mass is 16.1. The van der Waals surface area contributed by atoms with Gasteiger partial charge in [0.05, 0.1) is 0 Å². The molecule has 1 saturated heterocycles. The third-order valence-electron chi connectivity index (χ3n) is 5.31. The molecular weight excluding hydrogens is 288 g/mol. The predicted octanol–water partition coefficient (Wildman–Crippen LogP) is 2.39. The van der Waals surface area contributed by atoms with Crippen LogP contribution in [0.2, 0.25) is 0 Å². The van der Waals surface area contributed by atoms with Crippen LogP contribution in [0.4, 0.5) is 0 Å². The molecule has 2 atom stereocenters. The highest BCUT2D eigenvalue weighted by Gasteiger charge is 2.37. The number of nitrogens with zero attached hydrogens (tertiary/aromatic N) is 3. The number of aryl methyl sites for hydroxylation is 1. The van der Waals surface area contributed by atoms with E-state index in [1.165, 1.54) is 25.8 Å². The lowest BCUT2D eigenvalue weighted by Gasteiger charge is -2.26. The van der Waals surface area contributed by atoms with Gasteiger partial charge in [0.2, 0.25) is 5.91 Å². The highest BCUT2D eigenvalue weighted by molar-refractivity contribution is 5.76. The summed E-state index contributed by atoms with van der Waals surface area (Å²) in [5.41, 5.74) is 0. The summed E-state index contributed by atoms with van der Waals surface area (Å²) in [6.07, 6.45) is 9.60. The molecule has 2 aliphatic rings. The van der Waals surface area contributed by atoms with Crippen molar-refractivity contribution in [2.45, 2.75) is 64.5 Å². The van der Waals surface area contributed by atoms with Gasteiger partial charge in [-0.2, -0.15) is 0 Å². The van der Waals surface area contributed by atoms with Crippen LogP contribution in [0.1, 0.15) is 57.7 Å². The van der Waals surface area contributed by atoms with Gasteiger partial charge >= 0.3 is 0 Å². The number of rotatable bonds is 8. The van der Waals surface area contributed by atoms with Crippen LogP contribution in [0.3, 0.4) is 0 Å². The van der Waals surface area contributed by atoms with Gasteiger partial charge in [0.1, 0.15) is 5.82 Å². The van der Waals surface area contributed by atoms with Gasteiger partial charge in [0.15, 0.2) is 0 Å². The number of fused-ring (bicyclic) bond motifs is 2. The Morgan fingerprint density at radius 1 is 1.39 bits per heavy atom. The van der Waals surface area contributed by atoms with E-state index in [-0.39, 0.29) is 5.91 Å². The molecule has 1 aliphatic heterocycles. The van der Waals surface area contributed by atoms with Crippen LogP contribution < -0.4 is 5.32 Å². The van der Waals surface area contributed by atoms with Gasteiger partial charge < -0.3 is 9.88 Å². The second-order valence-electron chi connectivity index (χ2n) is 7.41. The first-order valence-corrected chi connectivity index (χ1v) is 9.15. The molecule has 1 N–H and O–H groups in total. The molecule has 0 unspecified atom stereocenters. The summed E-state index contributed by atoms with van der Waals surface area (Å²) >= 11 is 0. The molecule has 1 amide bonds. The normalized spacial score (nSPS) is 23.8. The van der Waals surface area contributed by atoms with Crippen molar-refractivity contribution in [1.29, 1.82) is 0 Å². The minimum Gasteiger partial charge on any atom is -0.356 e. The van der Waals surface area contributed by atoms with Crippen LogP contribution in [0.25, 0.3) is 0 Å². The van der Waals surface area contributed by atoms with E-state index in [0.29, 0.717) is 12.3 Å². The monoisotopic (exact) mass is 318 g/mol. The Labute approximate surface area is 139 Å². The molecule has 128 valence electrons. The number of amides is 1. The van der Waals surface area contributed by atoms with Crippen LogP contribution in [0, 0.1) is 5.92 Å². The maximum absolute atomic E-state index is 12.0. The summed E-state index contributed by atoms with van der Waals surface area (Å²) in [7, 11) is 0.